The van der Waals surface area contributed by atoms with E-state index in [4.69, 9.17) is 0 Å². The maximum absolute atomic E-state index is 11.4. The number of likely N-dealkylation sites (N-methyl/N-ethyl adjacent to an activating group) is 1. The summed E-state index contributed by atoms with van der Waals surface area (Å²) < 4.78 is 22.8. The van der Waals surface area contributed by atoms with Crippen molar-refractivity contribution in [1.82, 2.24) is 0 Å². The summed E-state index contributed by atoms with van der Waals surface area (Å²) in [6.45, 7) is 1.79. The van der Waals surface area contributed by atoms with Crippen LogP contribution in [0.3, 0.4) is 0 Å². The second-order valence-corrected chi connectivity index (χ2v) is 9.32. The van der Waals surface area contributed by atoms with Gasteiger partial charge in [0.15, 0.2) is 0 Å². The van der Waals surface area contributed by atoms with Gasteiger partial charge in [-0.05, 0) is 18.8 Å². The highest BCUT2D eigenvalue weighted by Crippen LogP contribution is 2.41. The molecule has 3 atom stereocenters. The molecule has 2 aliphatic rings. The van der Waals surface area contributed by atoms with Gasteiger partial charge in [-0.2, -0.15) is 0 Å². The zero-order chi connectivity index (χ0) is 10.3. The Hall–Kier alpha value is 1.11. The van der Waals surface area contributed by atoms with E-state index in [1.54, 1.807) is 21.2 Å². The molecule has 0 bridgehead atoms. The molecule has 1 fully saturated rings. The van der Waals surface area contributed by atoms with Gasteiger partial charge in [0.05, 0.1) is 34.8 Å². The zero-order valence-electron chi connectivity index (χ0n) is 8.54. The average Bonchev–Trinajstić information content (AvgIpc) is 2.69. The lowest BCUT2D eigenvalue weighted by Crippen LogP contribution is -3.09. The molecule has 15 heavy (non-hydrogen) atoms. The second kappa shape index (κ2) is 5.18. The highest BCUT2D eigenvalue weighted by molar-refractivity contribution is 14.2. The predicted octanol–water partition coefficient (Wildman–Crippen LogP) is -2.81. The molecule has 0 aromatic carbocycles. The number of hydrogen-bond donors (Lipinski definition) is 1. The molecule has 3 unspecified atom stereocenters. The first-order chi connectivity index (χ1) is 6.47. The van der Waals surface area contributed by atoms with Crippen molar-refractivity contribution >= 4 is 28.2 Å². The van der Waals surface area contributed by atoms with Crippen molar-refractivity contribution in [3.05, 3.63) is 11.0 Å². The van der Waals surface area contributed by atoms with E-state index in [9.17, 15) is 8.42 Å². The minimum Gasteiger partial charge on any atom is -1.00 e. The molecular formula is C9H15I2NO2S. The Morgan fingerprint density at radius 2 is 2.13 bits per heavy atom. The molecule has 2 rings (SSSR count). The number of halogens is 2. The van der Waals surface area contributed by atoms with Crippen LogP contribution in [0, 0.1) is 11.8 Å². The molecule has 1 N–H and O–H groups in total. The van der Waals surface area contributed by atoms with Crippen LogP contribution in [0.5, 0.6) is 0 Å². The minimum absolute atomic E-state index is 0. The van der Waals surface area contributed by atoms with Crippen molar-refractivity contribution < 1.29 is 37.3 Å². The standard InChI is InChI=1S/C9H14INO2S.HI/c1-11-5-8-4-7(8)2-3-9(6-11)14(10,12)13;/h3,7-8H,2,4-6H2,1H3;1H. The Balaban J connectivity index is 0.00000112. The van der Waals surface area contributed by atoms with E-state index in [2.05, 4.69) is 7.05 Å². The molecule has 88 valence electrons. The SMILES string of the molecule is C[NH+]1CC(S(=O)(=O)I)=CCC2CC2C1.[I-]. The Bertz CT molecular complexity index is 366. The average molecular weight is 455 g/mol. The number of quaternary nitrogens is 1. The fourth-order valence-electron chi connectivity index (χ4n) is 2.21. The smallest absolute Gasteiger partial charge is 0.232 e. The first-order valence-corrected chi connectivity index (χ1v) is 8.94. The summed E-state index contributed by atoms with van der Waals surface area (Å²) in [7, 11) is -0.913. The van der Waals surface area contributed by atoms with Crippen molar-refractivity contribution in [3.63, 3.8) is 0 Å². The topological polar surface area (TPSA) is 38.6 Å². The lowest BCUT2D eigenvalue weighted by molar-refractivity contribution is -0.876. The van der Waals surface area contributed by atoms with Crippen LogP contribution in [0.1, 0.15) is 12.8 Å². The Labute approximate surface area is 120 Å². The summed E-state index contributed by atoms with van der Waals surface area (Å²) >= 11 is 1.55. The quantitative estimate of drug-likeness (QED) is 0.343. The van der Waals surface area contributed by atoms with Crippen LogP contribution in [0.4, 0.5) is 0 Å². The summed E-state index contributed by atoms with van der Waals surface area (Å²) in [5, 5.41) is 0. The van der Waals surface area contributed by atoms with Gasteiger partial charge in [-0.25, -0.2) is 8.42 Å². The van der Waals surface area contributed by atoms with Gasteiger partial charge in [-0.1, -0.05) is 6.08 Å². The van der Waals surface area contributed by atoms with Gasteiger partial charge in [-0.3, -0.25) is 0 Å². The number of allylic oxidation sites excluding steroid dienone is 1. The van der Waals surface area contributed by atoms with Crippen LogP contribution in [-0.2, 0) is 7.01 Å². The van der Waals surface area contributed by atoms with Gasteiger partial charge in [0.1, 0.15) is 11.4 Å². The molecule has 1 aliphatic carbocycles. The lowest BCUT2D eigenvalue weighted by Gasteiger charge is -2.16. The first kappa shape index (κ1) is 14.2. The molecule has 0 aromatic rings. The third-order valence-corrected chi connectivity index (χ3v) is 5.75. The normalized spacial score (nSPS) is 35.3. The summed E-state index contributed by atoms with van der Waals surface area (Å²) in [5.41, 5.74) is 0. The molecule has 1 aliphatic heterocycles. The maximum Gasteiger partial charge on any atom is 0.232 e. The van der Waals surface area contributed by atoms with Gasteiger partial charge < -0.3 is 28.9 Å². The van der Waals surface area contributed by atoms with E-state index in [0.29, 0.717) is 11.4 Å². The van der Waals surface area contributed by atoms with E-state index in [0.717, 1.165) is 24.8 Å². The summed E-state index contributed by atoms with van der Waals surface area (Å²) in [6, 6.07) is 0. The molecule has 0 spiro atoms. The van der Waals surface area contributed by atoms with Crippen molar-refractivity contribution in [3.8, 4) is 0 Å². The van der Waals surface area contributed by atoms with Crippen molar-refractivity contribution in [2.24, 2.45) is 11.8 Å². The van der Waals surface area contributed by atoms with Gasteiger partial charge in [0, 0.05) is 5.92 Å². The fourth-order valence-corrected chi connectivity index (χ4v) is 3.93. The second-order valence-electron chi connectivity index (χ2n) is 4.44. The fraction of sp³-hybridized carbons (Fsp3) is 0.778. The van der Waals surface area contributed by atoms with Crippen molar-refractivity contribution in [2.75, 3.05) is 20.1 Å². The first-order valence-electron chi connectivity index (χ1n) is 4.92. The van der Waals surface area contributed by atoms with Crippen molar-refractivity contribution in [2.45, 2.75) is 12.8 Å². The van der Waals surface area contributed by atoms with Gasteiger partial charge >= 0.3 is 0 Å². The molecule has 0 radical (unpaired) electrons. The summed E-state index contributed by atoms with van der Waals surface area (Å²) in [5.74, 6) is 1.61. The monoisotopic (exact) mass is 455 g/mol. The maximum atomic E-state index is 11.4. The summed E-state index contributed by atoms with van der Waals surface area (Å²) in [6.07, 6.45) is 4.20. The van der Waals surface area contributed by atoms with E-state index in [1.165, 1.54) is 11.3 Å². The third-order valence-electron chi connectivity index (χ3n) is 3.12. The number of fused-ring (bicyclic) bond motifs is 1. The largest absolute Gasteiger partial charge is 1.00 e. The van der Waals surface area contributed by atoms with E-state index < -0.39 is 7.01 Å². The molecule has 1 heterocycles. The van der Waals surface area contributed by atoms with E-state index in [1.807, 2.05) is 6.08 Å². The molecule has 0 saturated heterocycles. The number of nitrogens with one attached hydrogen (secondary N) is 1. The van der Waals surface area contributed by atoms with Gasteiger partial charge in [0.25, 0.3) is 0 Å². The van der Waals surface area contributed by atoms with Crippen LogP contribution < -0.4 is 28.9 Å². The Morgan fingerprint density at radius 1 is 1.47 bits per heavy atom. The van der Waals surface area contributed by atoms with E-state index in [-0.39, 0.29) is 24.0 Å². The molecule has 6 heteroatoms. The number of rotatable bonds is 1. The van der Waals surface area contributed by atoms with Crippen LogP contribution in [0.2, 0.25) is 0 Å². The van der Waals surface area contributed by atoms with Crippen LogP contribution >= 0.6 is 21.2 Å². The van der Waals surface area contributed by atoms with Crippen molar-refractivity contribution in [1.29, 1.82) is 0 Å². The molecule has 0 amide bonds. The number of hydrogen-bond acceptors (Lipinski definition) is 2. The molecule has 3 nitrogen and oxygen atoms in total. The van der Waals surface area contributed by atoms with Gasteiger partial charge in [0.2, 0.25) is 7.01 Å². The van der Waals surface area contributed by atoms with E-state index >= 15 is 0 Å². The Morgan fingerprint density at radius 3 is 2.73 bits per heavy atom. The van der Waals surface area contributed by atoms with Crippen LogP contribution in [0.25, 0.3) is 0 Å². The zero-order valence-corrected chi connectivity index (χ0v) is 13.7. The van der Waals surface area contributed by atoms with Crippen LogP contribution in [0.15, 0.2) is 11.0 Å². The minimum atomic E-state index is -2.99. The predicted molar refractivity (Wildman–Crippen MR) is 63.9 cm³/mol. The lowest BCUT2D eigenvalue weighted by atomic mass is 10.2. The van der Waals surface area contributed by atoms with Gasteiger partial charge in [-0.15, -0.1) is 0 Å². The third kappa shape index (κ3) is 3.81. The van der Waals surface area contributed by atoms with Crippen LogP contribution in [-0.4, -0.2) is 28.6 Å². The molecule has 0 aromatic heterocycles. The highest BCUT2D eigenvalue weighted by atomic mass is 127. The Kier molecular flexibility index (Phi) is 4.89. The summed E-state index contributed by atoms with van der Waals surface area (Å²) in [4.78, 5) is 1.95. The molecular weight excluding hydrogens is 440 g/mol. The molecule has 1 saturated carbocycles. The highest BCUT2D eigenvalue weighted by Gasteiger charge is 2.40.